The number of nitrogens with zero attached hydrogens (tertiary/aromatic N) is 3. The lowest BCUT2D eigenvalue weighted by Crippen LogP contribution is -2.41. The van der Waals surface area contributed by atoms with Gasteiger partial charge in [-0.05, 0) is 18.1 Å². The standard InChI is InChI=1S/C19H21N5O2/c25-19(24-7-9-26-10-8-24)17-12-23-18(13-22-17)20-6-5-14-11-21-16-4-2-1-3-15(14)16/h1-4,11-13,21H,5-10H2,(H,20,23). The molecular weight excluding hydrogens is 330 g/mol. The maximum absolute atomic E-state index is 12.3. The van der Waals surface area contributed by atoms with Crippen molar-refractivity contribution in [3.8, 4) is 0 Å². The second kappa shape index (κ2) is 7.53. The van der Waals surface area contributed by atoms with Crippen LogP contribution >= 0.6 is 0 Å². The van der Waals surface area contributed by atoms with Crippen molar-refractivity contribution in [1.29, 1.82) is 0 Å². The lowest BCUT2D eigenvalue weighted by atomic mass is 10.1. The Kier molecular flexibility index (Phi) is 4.79. The highest BCUT2D eigenvalue weighted by molar-refractivity contribution is 5.92. The van der Waals surface area contributed by atoms with E-state index in [9.17, 15) is 4.79 Å². The van der Waals surface area contributed by atoms with Crippen molar-refractivity contribution >= 4 is 22.6 Å². The minimum absolute atomic E-state index is 0.0915. The van der Waals surface area contributed by atoms with E-state index in [2.05, 4.69) is 32.4 Å². The molecule has 0 spiro atoms. The number of morpholine rings is 1. The van der Waals surface area contributed by atoms with Crippen molar-refractivity contribution in [2.45, 2.75) is 6.42 Å². The zero-order valence-corrected chi connectivity index (χ0v) is 14.4. The molecule has 7 nitrogen and oxygen atoms in total. The van der Waals surface area contributed by atoms with Crippen LogP contribution in [0.2, 0.25) is 0 Å². The highest BCUT2D eigenvalue weighted by atomic mass is 16.5. The molecule has 3 heterocycles. The Morgan fingerprint density at radius 2 is 2.04 bits per heavy atom. The highest BCUT2D eigenvalue weighted by Gasteiger charge is 2.19. The Labute approximate surface area is 151 Å². The summed E-state index contributed by atoms with van der Waals surface area (Å²) in [5.41, 5.74) is 2.78. The Hall–Kier alpha value is -2.93. The number of para-hydroxylation sites is 1. The molecule has 0 unspecified atom stereocenters. The van der Waals surface area contributed by atoms with E-state index in [0.717, 1.165) is 18.5 Å². The number of rotatable bonds is 5. The fraction of sp³-hybridized carbons (Fsp3) is 0.316. The number of benzene rings is 1. The fourth-order valence-electron chi connectivity index (χ4n) is 3.12. The van der Waals surface area contributed by atoms with Crippen LogP contribution < -0.4 is 5.32 Å². The Bertz CT molecular complexity index is 884. The lowest BCUT2D eigenvalue weighted by molar-refractivity contribution is 0.0298. The molecule has 0 radical (unpaired) electrons. The number of carbonyl (C=O) groups excluding carboxylic acids is 1. The molecular formula is C19H21N5O2. The second-order valence-corrected chi connectivity index (χ2v) is 6.23. The van der Waals surface area contributed by atoms with Crippen molar-refractivity contribution in [2.24, 2.45) is 0 Å². The number of amides is 1. The lowest BCUT2D eigenvalue weighted by Gasteiger charge is -2.26. The Morgan fingerprint density at radius 1 is 1.19 bits per heavy atom. The zero-order chi connectivity index (χ0) is 17.8. The number of fused-ring (bicyclic) bond motifs is 1. The van der Waals surface area contributed by atoms with E-state index < -0.39 is 0 Å². The predicted octanol–water partition coefficient (Wildman–Crippen LogP) is 2.08. The van der Waals surface area contributed by atoms with Gasteiger partial charge in [0.05, 0.1) is 25.6 Å². The van der Waals surface area contributed by atoms with Gasteiger partial charge in [0.25, 0.3) is 5.91 Å². The normalized spacial score (nSPS) is 14.5. The van der Waals surface area contributed by atoms with Crippen molar-refractivity contribution in [3.05, 3.63) is 54.1 Å². The molecule has 0 aliphatic carbocycles. The van der Waals surface area contributed by atoms with Gasteiger partial charge in [-0.1, -0.05) is 18.2 Å². The van der Waals surface area contributed by atoms with E-state index in [1.807, 2.05) is 18.3 Å². The molecule has 134 valence electrons. The summed E-state index contributed by atoms with van der Waals surface area (Å²) in [4.78, 5) is 25.9. The van der Waals surface area contributed by atoms with Gasteiger partial charge in [-0.25, -0.2) is 9.97 Å². The minimum atomic E-state index is -0.0915. The van der Waals surface area contributed by atoms with E-state index in [1.165, 1.54) is 17.1 Å². The summed E-state index contributed by atoms with van der Waals surface area (Å²) in [5, 5.41) is 4.50. The molecule has 1 amide bonds. The first-order valence-corrected chi connectivity index (χ1v) is 8.79. The Morgan fingerprint density at radius 3 is 2.85 bits per heavy atom. The third kappa shape index (κ3) is 3.52. The van der Waals surface area contributed by atoms with Crippen LogP contribution in [0.25, 0.3) is 10.9 Å². The molecule has 2 aromatic heterocycles. The zero-order valence-electron chi connectivity index (χ0n) is 14.4. The quantitative estimate of drug-likeness (QED) is 0.735. The summed E-state index contributed by atoms with van der Waals surface area (Å²) in [7, 11) is 0. The number of hydrogen-bond acceptors (Lipinski definition) is 5. The summed E-state index contributed by atoms with van der Waals surface area (Å²) >= 11 is 0. The van der Waals surface area contributed by atoms with Gasteiger partial charge >= 0.3 is 0 Å². The second-order valence-electron chi connectivity index (χ2n) is 6.23. The predicted molar refractivity (Wildman–Crippen MR) is 99.2 cm³/mol. The summed E-state index contributed by atoms with van der Waals surface area (Å²) < 4.78 is 5.26. The largest absolute Gasteiger partial charge is 0.378 e. The van der Waals surface area contributed by atoms with E-state index in [-0.39, 0.29) is 5.91 Å². The maximum atomic E-state index is 12.3. The third-order valence-electron chi connectivity index (χ3n) is 4.54. The summed E-state index contributed by atoms with van der Waals surface area (Å²) in [5.74, 6) is 0.578. The van der Waals surface area contributed by atoms with E-state index >= 15 is 0 Å². The number of H-pyrrole nitrogens is 1. The van der Waals surface area contributed by atoms with Crippen LogP contribution in [0.1, 0.15) is 16.1 Å². The number of ether oxygens (including phenoxy) is 1. The molecule has 7 heteroatoms. The van der Waals surface area contributed by atoms with Gasteiger partial charge in [0.2, 0.25) is 0 Å². The van der Waals surface area contributed by atoms with Gasteiger partial charge in [-0.3, -0.25) is 4.79 Å². The molecule has 1 saturated heterocycles. The molecule has 0 atom stereocenters. The monoisotopic (exact) mass is 351 g/mol. The molecule has 4 rings (SSSR count). The first kappa shape index (κ1) is 16.5. The molecule has 3 aromatic rings. The van der Waals surface area contributed by atoms with Gasteiger partial charge in [0, 0.05) is 36.7 Å². The van der Waals surface area contributed by atoms with Crippen LogP contribution in [0.5, 0.6) is 0 Å². The molecule has 26 heavy (non-hydrogen) atoms. The van der Waals surface area contributed by atoms with Crippen molar-refractivity contribution < 1.29 is 9.53 Å². The number of carbonyl (C=O) groups is 1. The minimum Gasteiger partial charge on any atom is -0.378 e. The fourth-order valence-corrected chi connectivity index (χ4v) is 3.12. The van der Waals surface area contributed by atoms with Crippen LogP contribution in [0.4, 0.5) is 5.82 Å². The van der Waals surface area contributed by atoms with Crippen molar-refractivity contribution in [2.75, 3.05) is 38.2 Å². The van der Waals surface area contributed by atoms with Crippen molar-refractivity contribution in [3.63, 3.8) is 0 Å². The van der Waals surface area contributed by atoms with E-state index in [0.29, 0.717) is 37.8 Å². The average molecular weight is 351 g/mol. The molecule has 1 fully saturated rings. The summed E-state index contributed by atoms with van der Waals surface area (Å²) in [6, 6.07) is 8.26. The molecule has 1 aromatic carbocycles. The summed E-state index contributed by atoms with van der Waals surface area (Å²) in [6.07, 6.45) is 6.07. The molecule has 1 aliphatic heterocycles. The number of anilines is 1. The number of aromatic nitrogens is 3. The van der Waals surface area contributed by atoms with Crippen LogP contribution in [0.15, 0.2) is 42.9 Å². The van der Waals surface area contributed by atoms with Gasteiger partial charge in [0.1, 0.15) is 11.5 Å². The van der Waals surface area contributed by atoms with Gasteiger partial charge in [-0.15, -0.1) is 0 Å². The number of nitrogens with one attached hydrogen (secondary N) is 2. The van der Waals surface area contributed by atoms with Crippen LogP contribution in [0.3, 0.4) is 0 Å². The number of aromatic amines is 1. The van der Waals surface area contributed by atoms with Gasteiger partial charge < -0.3 is 19.9 Å². The number of hydrogen-bond donors (Lipinski definition) is 2. The highest BCUT2D eigenvalue weighted by Crippen LogP contribution is 2.18. The van der Waals surface area contributed by atoms with Crippen LogP contribution in [-0.2, 0) is 11.2 Å². The molecule has 0 bridgehead atoms. The van der Waals surface area contributed by atoms with Crippen LogP contribution in [0, 0.1) is 0 Å². The Balaban J connectivity index is 1.33. The van der Waals surface area contributed by atoms with E-state index in [4.69, 9.17) is 4.74 Å². The van der Waals surface area contributed by atoms with Gasteiger partial charge in [-0.2, -0.15) is 0 Å². The third-order valence-corrected chi connectivity index (χ3v) is 4.54. The topological polar surface area (TPSA) is 83.1 Å². The molecule has 2 N–H and O–H groups in total. The molecule has 1 aliphatic rings. The first-order valence-electron chi connectivity index (χ1n) is 8.79. The maximum Gasteiger partial charge on any atom is 0.274 e. The summed E-state index contributed by atoms with van der Waals surface area (Å²) in [6.45, 7) is 3.10. The van der Waals surface area contributed by atoms with E-state index in [1.54, 1.807) is 11.1 Å². The smallest absolute Gasteiger partial charge is 0.274 e. The SMILES string of the molecule is O=C(c1cnc(NCCc2c[nH]c3ccccc23)cn1)N1CCOCC1. The first-order chi connectivity index (χ1) is 12.8. The van der Waals surface area contributed by atoms with Crippen molar-refractivity contribution in [1.82, 2.24) is 19.9 Å². The van der Waals surface area contributed by atoms with Crippen LogP contribution in [-0.4, -0.2) is 58.6 Å². The van der Waals surface area contributed by atoms with Gasteiger partial charge in [0.15, 0.2) is 0 Å². The molecule has 0 saturated carbocycles. The average Bonchev–Trinajstić information content (AvgIpc) is 3.12.